The molecule has 158 valence electrons. The van der Waals surface area contributed by atoms with Gasteiger partial charge in [-0.2, -0.15) is 0 Å². The van der Waals surface area contributed by atoms with E-state index in [1.165, 1.54) is 6.92 Å². The van der Waals surface area contributed by atoms with Crippen molar-refractivity contribution in [1.82, 2.24) is 0 Å². The molecule has 0 aromatic rings. The molecule has 0 unspecified atom stereocenters. The number of esters is 3. The lowest BCUT2D eigenvalue weighted by Crippen LogP contribution is -2.66. The molecule has 10 atom stereocenters. The topological polar surface area (TPSA) is 129 Å². The van der Waals surface area contributed by atoms with Crippen molar-refractivity contribution in [2.45, 2.75) is 76.3 Å². The molecule has 6 fully saturated rings. The van der Waals surface area contributed by atoms with E-state index in [1.54, 1.807) is 0 Å². The molecular weight excluding hydrogens is 384 g/mol. The molecule has 4 saturated heterocycles. The summed E-state index contributed by atoms with van der Waals surface area (Å²) in [7, 11) is 0. The first-order chi connectivity index (χ1) is 13.4. The highest BCUT2D eigenvalue weighted by molar-refractivity contribution is 5.93. The third-order valence-corrected chi connectivity index (χ3v) is 8.97. The van der Waals surface area contributed by atoms with Gasteiger partial charge in [0.1, 0.15) is 12.2 Å². The van der Waals surface area contributed by atoms with E-state index in [0.717, 1.165) is 0 Å². The zero-order valence-electron chi connectivity index (χ0n) is 16.6. The lowest BCUT2D eigenvalue weighted by molar-refractivity contribution is -0.238. The van der Waals surface area contributed by atoms with Gasteiger partial charge in [0.2, 0.25) is 11.9 Å². The van der Waals surface area contributed by atoms with E-state index in [0.29, 0.717) is 6.42 Å². The number of fused-ring (bicyclic) bond motifs is 1. The van der Waals surface area contributed by atoms with Gasteiger partial charge in [0.25, 0.3) is 0 Å². The second kappa shape index (κ2) is 4.48. The standard InChI is InChI=1S/C20H24O9/c1-7-12(22)26-10-6-17-9-5-8(16(2,3)4)18(17)11(21)13(23)28-15(18)29-20(17,14(24)27-9)19(7,10)25/h7-11,15,21,25H,5-6H2,1-4H3/t7-,8+,9-,10+,11-,15+,17-,18+,19-,20+/m1/s1. The fraction of sp³-hybridized carbons (Fsp3) is 0.850. The number of aliphatic hydroxyl groups is 2. The third-order valence-electron chi connectivity index (χ3n) is 8.97. The zero-order valence-corrected chi connectivity index (χ0v) is 16.6. The van der Waals surface area contributed by atoms with Gasteiger partial charge < -0.3 is 29.2 Å². The summed E-state index contributed by atoms with van der Waals surface area (Å²) < 4.78 is 22.9. The van der Waals surface area contributed by atoms with Crippen LogP contribution in [0.4, 0.5) is 0 Å². The van der Waals surface area contributed by atoms with Crippen molar-refractivity contribution in [2.24, 2.45) is 28.1 Å². The third kappa shape index (κ3) is 1.35. The minimum Gasteiger partial charge on any atom is -0.459 e. The molecule has 6 aliphatic rings. The van der Waals surface area contributed by atoms with Gasteiger partial charge in [-0.15, -0.1) is 0 Å². The average molecular weight is 408 g/mol. The number of rotatable bonds is 0. The highest BCUT2D eigenvalue weighted by Crippen LogP contribution is 2.84. The van der Waals surface area contributed by atoms with Crippen LogP contribution in [0, 0.1) is 28.1 Å². The molecule has 2 spiro atoms. The van der Waals surface area contributed by atoms with E-state index >= 15 is 0 Å². The summed E-state index contributed by atoms with van der Waals surface area (Å²) in [6, 6.07) is 0. The van der Waals surface area contributed by atoms with Crippen LogP contribution < -0.4 is 0 Å². The number of carbonyl (C=O) groups excluding carboxylic acids is 3. The molecular formula is C20H24O9. The summed E-state index contributed by atoms with van der Waals surface area (Å²) in [6.45, 7) is 7.47. The van der Waals surface area contributed by atoms with Crippen LogP contribution in [0.1, 0.15) is 40.5 Å². The number of hydrogen-bond donors (Lipinski definition) is 2. The van der Waals surface area contributed by atoms with E-state index in [-0.39, 0.29) is 17.8 Å². The van der Waals surface area contributed by atoms with Crippen LogP contribution in [-0.2, 0) is 33.3 Å². The van der Waals surface area contributed by atoms with Crippen LogP contribution >= 0.6 is 0 Å². The Hall–Kier alpha value is -1.71. The SMILES string of the molecule is C[C@@H]1C(=O)O[C@H]2C[C@@]34[C@H]5C[C@@H](C(C)(C)C)[C@]36[C@@H](OC(=O)[C@H]6O)O[C@]4(C(=O)O5)[C@]21O. The Labute approximate surface area is 166 Å². The number of hydrogen-bond acceptors (Lipinski definition) is 9. The molecule has 0 amide bonds. The van der Waals surface area contributed by atoms with Crippen molar-refractivity contribution in [2.75, 3.05) is 0 Å². The van der Waals surface area contributed by atoms with E-state index < -0.39 is 70.5 Å². The van der Waals surface area contributed by atoms with E-state index in [4.69, 9.17) is 18.9 Å². The molecule has 6 rings (SSSR count). The molecule has 0 bridgehead atoms. The predicted molar refractivity (Wildman–Crippen MR) is 90.6 cm³/mol. The summed E-state index contributed by atoms with van der Waals surface area (Å²) in [5, 5.41) is 23.0. The molecule has 9 nitrogen and oxygen atoms in total. The van der Waals surface area contributed by atoms with Crippen LogP contribution in [0.25, 0.3) is 0 Å². The second-order valence-corrected chi connectivity index (χ2v) is 10.6. The molecule has 9 heteroatoms. The van der Waals surface area contributed by atoms with Crippen LogP contribution in [0.2, 0.25) is 0 Å². The fourth-order valence-corrected chi connectivity index (χ4v) is 8.06. The average Bonchev–Trinajstić information content (AvgIpc) is 3.31. The summed E-state index contributed by atoms with van der Waals surface area (Å²) in [5.41, 5.74) is -6.81. The molecule has 4 aliphatic heterocycles. The largest absolute Gasteiger partial charge is 0.459 e. The van der Waals surface area contributed by atoms with Gasteiger partial charge in [-0.3, -0.25) is 4.79 Å². The molecule has 29 heavy (non-hydrogen) atoms. The maximum Gasteiger partial charge on any atom is 0.342 e. The highest BCUT2D eigenvalue weighted by Gasteiger charge is 3.01. The Balaban J connectivity index is 1.68. The van der Waals surface area contributed by atoms with Crippen LogP contribution in [0.15, 0.2) is 0 Å². The van der Waals surface area contributed by atoms with Crippen LogP contribution in [0.5, 0.6) is 0 Å². The Morgan fingerprint density at radius 1 is 1.03 bits per heavy atom. The first-order valence-corrected chi connectivity index (χ1v) is 10.1. The van der Waals surface area contributed by atoms with Crippen LogP contribution in [-0.4, -0.2) is 63.9 Å². The van der Waals surface area contributed by atoms with Crippen molar-refractivity contribution in [3.05, 3.63) is 0 Å². The summed E-state index contributed by atoms with van der Waals surface area (Å²) in [4.78, 5) is 38.1. The quantitative estimate of drug-likeness (QED) is 0.408. The predicted octanol–water partition coefficient (Wildman–Crippen LogP) is -0.340. The number of carbonyl (C=O) groups is 3. The van der Waals surface area contributed by atoms with Gasteiger partial charge in [-0.1, -0.05) is 20.8 Å². The molecule has 4 heterocycles. The lowest BCUT2D eigenvalue weighted by atomic mass is 9.51. The van der Waals surface area contributed by atoms with Crippen molar-refractivity contribution in [3.8, 4) is 0 Å². The maximum absolute atomic E-state index is 13.3. The fourth-order valence-electron chi connectivity index (χ4n) is 8.06. The van der Waals surface area contributed by atoms with Gasteiger partial charge in [-0.25, -0.2) is 9.59 Å². The molecule has 2 aliphatic carbocycles. The second-order valence-electron chi connectivity index (χ2n) is 10.6. The van der Waals surface area contributed by atoms with Gasteiger partial charge >= 0.3 is 17.9 Å². The molecule has 0 aromatic heterocycles. The molecule has 2 saturated carbocycles. The first-order valence-electron chi connectivity index (χ1n) is 10.1. The first kappa shape index (κ1) is 18.1. The van der Waals surface area contributed by atoms with Gasteiger partial charge in [-0.05, 0) is 24.7 Å². The smallest absolute Gasteiger partial charge is 0.342 e. The Morgan fingerprint density at radius 3 is 2.38 bits per heavy atom. The van der Waals surface area contributed by atoms with Crippen molar-refractivity contribution < 1.29 is 43.5 Å². The normalized spacial score (nSPS) is 59.2. The number of aliphatic hydroxyl groups excluding tert-OH is 1. The van der Waals surface area contributed by atoms with E-state index in [2.05, 4.69) is 0 Å². The minimum absolute atomic E-state index is 0.0623. The highest BCUT2D eigenvalue weighted by atomic mass is 16.8. The summed E-state index contributed by atoms with van der Waals surface area (Å²) >= 11 is 0. The van der Waals surface area contributed by atoms with Crippen LogP contribution in [0.3, 0.4) is 0 Å². The number of ether oxygens (including phenoxy) is 4. The Bertz CT molecular complexity index is 893. The van der Waals surface area contributed by atoms with Crippen molar-refractivity contribution in [1.29, 1.82) is 0 Å². The zero-order chi connectivity index (χ0) is 20.9. The van der Waals surface area contributed by atoms with Gasteiger partial charge in [0.15, 0.2) is 11.7 Å². The molecule has 0 aromatic carbocycles. The minimum atomic E-state index is -1.97. The van der Waals surface area contributed by atoms with Gasteiger partial charge in [0, 0.05) is 6.42 Å². The van der Waals surface area contributed by atoms with E-state index in [1.807, 2.05) is 20.8 Å². The van der Waals surface area contributed by atoms with Crippen molar-refractivity contribution in [3.63, 3.8) is 0 Å². The molecule has 2 N–H and O–H groups in total. The van der Waals surface area contributed by atoms with Gasteiger partial charge in [0.05, 0.1) is 16.7 Å². The lowest BCUT2D eigenvalue weighted by Gasteiger charge is -2.46. The maximum atomic E-state index is 13.3. The Morgan fingerprint density at radius 2 is 1.72 bits per heavy atom. The van der Waals surface area contributed by atoms with Crippen molar-refractivity contribution >= 4 is 17.9 Å². The summed E-state index contributed by atoms with van der Waals surface area (Å²) in [6.07, 6.45) is -3.96. The molecule has 0 radical (unpaired) electrons. The van der Waals surface area contributed by atoms with E-state index in [9.17, 15) is 24.6 Å². The summed E-state index contributed by atoms with van der Waals surface area (Å²) in [5.74, 6) is -3.52. The Kier molecular flexibility index (Phi) is 2.79. The monoisotopic (exact) mass is 408 g/mol.